The van der Waals surface area contributed by atoms with Crippen LogP contribution in [0, 0.1) is 0 Å². The van der Waals surface area contributed by atoms with Crippen molar-refractivity contribution in [1.29, 1.82) is 0 Å². The quantitative estimate of drug-likeness (QED) is 0.390. The van der Waals surface area contributed by atoms with Crippen molar-refractivity contribution >= 4 is 35.0 Å². The van der Waals surface area contributed by atoms with E-state index in [1.165, 1.54) is 0 Å². The highest BCUT2D eigenvalue weighted by Gasteiger charge is 2.14. The molecule has 0 bridgehead atoms. The highest BCUT2D eigenvalue weighted by Crippen LogP contribution is 2.25. The average molecular weight is 422 g/mol. The second-order valence-corrected chi connectivity index (χ2v) is 7.70. The molecule has 1 amide bonds. The molecule has 4 rings (SSSR count). The van der Waals surface area contributed by atoms with Gasteiger partial charge in [0.25, 0.3) is 5.91 Å². The Morgan fingerprint density at radius 2 is 1.93 bits per heavy atom. The predicted octanol–water partition coefficient (Wildman–Crippen LogP) is 5.93. The highest BCUT2D eigenvalue weighted by atomic mass is 35.5. The van der Waals surface area contributed by atoms with E-state index in [9.17, 15) is 4.79 Å². The van der Waals surface area contributed by atoms with E-state index in [0.717, 1.165) is 21.8 Å². The van der Waals surface area contributed by atoms with Gasteiger partial charge in [0.15, 0.2) is 11.5 Å². The van der Waals surface area contributed by atoms with Crippen molar-refractivity contribution in [3.05, 3.63) is 95.4 Å². The summed E-state index contributed by atoms with van der Waals surface area (Å²) in [6.07, 6.45) is 3.62. The lowest BCUT2D eigenvalue weighted by molar-refractivity contribution is 0.101. The van der Waals surface area contributed by atoms with E-state index in [1.54, 1.807) is 36.2 Å². The predicted molar refractivity (Wildman–Crippen MR) is 115 cm³/mol. The Labute approximate surface area is 177 Å². The van der Waals surface area contributed by atoms with Crippen LogP contribution in [-0.4, -0.2) is 16.0 Å². The molecule has 7 heteroatoms. The first kappa shape index (κ1) is 19.2. The molecule has 0 atom stereocenters. The Bertz CT molecular complexity index is 1110. The van der Waals surface area contributed by atoms with E-state index in [1.807, 2.05) is 54.7 Å². The van der Waals surface area contributed by atoms with Crippen molar-refractivity contribution in [2.45, 2.75) is 10.6 Å². The zero-order chi connectivity index (χ0) is 20.1. The molecule has 2 heterocycles. The summed E-state index contributed by atoms with van der Waals surface area (Å²) < 4.78 is 5.28. The maximum absolute atomic E-state index is 12.4. The number of anilines is 1. The van der Waals surface area contributed by atoms with Gasteiger partial charge in [-0.25, -0.2) is 0 Å². The molecule has 2 aromatic heterocycles. The van der Waals surface area contributed by atoms with Gasteiger partial charge in [0.05, 0.1) is 0 Å². The second kappa shape index (κ2) is 8.94. The maximum atomic E-state index is 12.4. The fraction of sp³-hybridized carbons (Fsp3) is 0.0455. The molecular formula is C22H16ClN3O2S. The van der Waals surface area contributed by atoms with Crippen LogP contribution in [0.2, 0.25) is 5.02 Å². The minimum atomic E-state index is -0.335. The second-order valence-electron chi connectivity index (χ2n) is 6.22. The van der Waals surface area contributed by atoms with Crippen LogP contribution in [-0.2, 0) is 5.75 Å². The van der Waals surface area contributed by atoms with E-state index in [4.69, 9.17) is 16.1 Å². The summed E-state index contributed by atoms with van der Waals surface area (Å²) in [7, 11) is 0. The zero-order valence-corrected chi connectivity index (χ0v) is 16.8. The molecule has 144 valence electrons. The molecule has 5 nitrogen and oxygen atoms in total. The molecule has 0 spiro atoms. The minimum Gasteiger partial charge on any atom is -0.355 e. The standard InChI is InChI=1S/C22H16ClN3O2S/c23-17-5-1-4-16(11-17)21-12-20(26-28-21)22(27)25-18-6-8-19(9-7-18)29-14-15-3-2-10-24-13-15/h1-13H,14H2,(H,25,27). The molecule has 0 unspecified atom stereocenters. The first-order valence-electron chi connectivity index (χ1n) is 8.83. The molecule has 0 radical (unpaired) electrons. The van der Waals surface area contributed by atoms with Crippen molar-refractivity contribution in [2.75, 3.05) is 5.32 Å². The number of aromatic nitrogens is 2. The number of carbonyl (C=O) groups is 1. The fourth-order valence-electron chi connectivity index (χ4n) is 2.64. The lowest BCUT2D eigenvalue weighted by Crippen LogP contribution is -2.11. The number of rotatable bonds is 6. The van der Waals surface area contributed by atoms with Gasteiger partial charge >= 0.3 is 0 Å². The molecule has 1 N–H and O–H groups in total. The summed E-state index contributed by atoms with van der Waals surface area (Å²) in [4.78, 5) is 17.7. The Morgan fingerprint density at radius 3 is 2.69 bits per heavy atom. The minimum absolute atomic E-state index is 0.204. The van der Waals surface area contributed by atoms with Gasteiger partial charge in [0.2, 0.25) is 0 Å². The third kappa shape index (κ3) is 5.04. The van der Waals surface area contributed by atoms with Crippen molar-refractivity contribution in [3.8, 4) is 11.3 Å². The van der Waals surface area contributed by atoms with E-state index in [0.29, 0.717) is 16.5 Å². The van der Waals surface area contributed by atoms with Crippen molar-refractivity contribution in [3.63, 3.8) is 0 Å². The van der Waals surface area contributed by atoms with Gasteiger partial charge in [0.1, 0.15) is 0 Å². The van der Waals surface area contributed by atoms with Crippen LogP contribution in [0.3, 0.4) is 0 Å². The summed E-state index contributed by atoms with van der Waals surface area (Å²) in [5.41, 5.74) is 2.82. The van der Waals surface area contributed by atoms with Crippen LogP contribution in [0.15, 0.2) is 88.5 Å². The molecule has 0 saturated heterocycles. The summed E-state index contributed by atoms with van der Waals surface area (Å²) in [5.74, 6) is 0.989. The topological polar surface area (TPSA) is 68.0 Å². The molecular weight excluding hydrogens is 406 g/mol. The molecule has 0 fully saturated rings. The number of halogens is 1. The van der Waals surface area contributed by atoms with Gasteiger partial charge in [-0.15, -0.1) is 11.8 Å². The van der Waals surface area contributed by atoms with Gasteiger partial charge in [-0.05, 0) is 48.0 Å². The highest BCUT2D eigenvalue weighted by molar-refractivity contribution is 7.98. The number of benzene rings is 2. The molecule has 0 saturated carbocycles. The Balaban J connectivity index is 1.37. The fourth-order valence-corrected chi connectivity index (χ4v) is 3.66. The molecule has 4 aromatic rings. The first-order chi connectivity index (χ1) is 14.2. The van der Waals surface area contributed by atoms with Crippen molar-refractivity contribution < 1.29 is 9.32 Å². The van der Waals surface area contributed by atoms with Crippen LogP contribution in [0.5, 0.6) is 0 Å². The number of hydrogen-bond acceptors (Lipinski definition) is 5. The normalized spacial score (nSPS) is 10.7. The number of carbonyl (C=O) groups excluding carboxylic acids is 1. The number of hydrogen-bond donors (Lipinski definition) is 1. The first-order valence-corrected chi connectivity index (χ1v) is 10.2. The van der Waals surface area contributed by atoms with Crippen LogP contribution in [0.1, 0.15) is 16.1 Å². The molecule has 0 aliphatic carbocycles. The Morgan fingerprint density at radius 1 is 1.07 bits per heavy atom. The molecule has 2 aromatic carbocycles. The van der Waals surface area contributed by atoms with Crippen LogP contribution < -0.4 is 5.32 Å². The number of pyridine rings is 1. The van der Waals surface area contributed by atoms with E-state index < -0.39 is 0 Å². The van der Waals surface area contributed by atoms with Crippen molar-refractivity contribution in [1.82, 2.24) is 10.1 Å². The third-order valence-corrected chi connectivity index (χ3v) is 5.41. The number of nitrogens with zero attached hydrogens (tertiary/aromatic N) is 2. The maximum Gasteiger partial charge on any atom is 0.277 e. The smallest absolute Gasteiger partial charge is 0.277 e. The Kier molecular flexibility index (Phi) is 5.93. The lowest BCUT2D eigenvalue weighted by atomic mass is 10.1. The van der Waals surface area contributed by atoms with Crippen LogP contribution in [0.25, 0.3) is 11.3 Å². The van der Waals surface area contributed by atoms with E-state index in [2.05, 4.69) is 15.5 Å². The molecule has 0 aliphatic rings. The van der Waals surface area contributed by atoms with Crippen molar-refractivity contribution in [2.24, 2.45) is 0 Å². The monoisotopic (exact) mass is 421 g/mol. The van der Waals surface area contributed by atoms with Gasteiger partial charge in [-0.1, -0.05) is 35.0 Å². The van der Waals surface area contributed by atoms with E-state index in [-0.39, 0.29) is 11.6 Å². The van der Waals surface area contributed by atoms with Gasteiger partial charge < -0.3 is 9.84 Å². The number of thioether (sulfide) groups is 1. The number of amides is 1. The largest absolute Gasteiger partial charge is 0.355 e. The molecule has 29 heavy (non-hydrogen) atoms. The van der Waals surface area contributed by atoms with Crippen LogP contribution >= 0.6 is 23.4 Å². The molecule has 0 aliphatic heterocycles. The summed E-state index contributed by atoms with van der Waals surface area (Å²) in [6.45, 7) is 0. The van der Waals surface area contributed by atoms with E-state index >= 15 is 0 Å². The van der Waals surface area contributed by atoms with Gasteiger partial charge in [-0.3, -0.25) is 9.78 Å². The van der Waals surface area contributed by atoms with Crippen LogP contribution in [0.4, 0.5) is 5.69 Å². The summed E-state index contributed by atoms with van der Waals surface area (Å²) in [6, 6.07) is 20.4. The SMILES string of the molecule is O=C(Nc1ccc(SCc2cccnc2)cc1)c1cc(-c2cccc(Cl)c2)on1. The summed E-state index contributed by atoms with van der Waals surface area (Å²) >= 11 is 7.70. The Hall–Kier alpha value is -3.09. The average Bonchev–Trinajstić information content (AvgIpc) is 3.25. The van der Waals surface area contributed by atoms with Gasteiger partial charge in [-0.2, -0.15) is 0 Å². The number of nitrogens with one attached hydrogen (secondary N) is 1. The zero-order valence-electron chi connectivity index (χ0n) is 15.2. The lowest BCUT2D eigenvalue weighted by Gasteiger charge is -2.05. The third-order valence-electron chi connectivity index (χ3n) is 4.09. The van der Waals surface area contributed by atoms with Gasteiger partial charge in [0, 0.05) is 45.4 Å². The summed E-state index contributed by atoms with van der Waals surface area (Å²) in [5, 5.41) is 7.28.